The van der Waals surface area contributed by atoms with Crippen molar-refractivity contribution in [1.29, 1.82) is 0 Å². The molecule has 32 heavy (non-hydrogen) atoms. The lowest BCUT2D eigenvalue weighted by molar-refractivity contribution is -0.115. The van der Waals surface area contributed by atoms with Crippen molar-refractivity contribution in [2.24, 2.45) is 0 Å². The zero-order chi connectivity index (χ0) is 22.3. The number of carbonyl (C=O) groups excluding carboxylic acids is 2. The number of benzene rings is 3. The third kappa shape index (κ3) is 5.49. The first-order chi connectivity index (χ1) is 15.6. The second-order valence-corrected chi connectivity index (χ2v) is 8.87. The number of hydrogen-bond donors (Lipinski definition) is 2. The molecule has 1 aromatic heterocycles. The largest absolute Gasteiger partial charge is 0.459 e. The molecule has 3 aromatic carbocycles. The number of anilines is 2. The highest BCUT2D eigenvalue weighted by Crippen LogP contribution is 2.37. The molecule has 0 radical (unpaired) electrons. The fourth-order valence-electron chi connectivity index (χ4n) is 3.05. The average Bonchev–Trinajstić information content (AvgIpc) is 3.35. The van der Waals surface area contributed by atoms with Gasteiger partial charge in [0.25, 0.3) is 5.91 Å². The lowest BCUT2D eigenvalue weighted by Gasteiger charge is -2.18. The fraction of sp³-hybridized carbons (Fsp3) is 0.0400. The van der Waals surface area contributed by atoms with Crippen LogP contribution in [-0.2, 0) is 4.79 Å². The molecule has 1 heterocycles. The Kier molecular flexibility index (Phi) is 7.09. The molecule has 0 fully saturated rings. The molecule has 160 valence electrons. The lowest BCUT2D eigenvalue weighted by Crippen LogP contribution is -2.19. The molecule has 2 amide bonds. The van der Waals surface area contributed by atoms with Gasteiger partial charge in [0.2, 0.25) is 5.91 Å². The summed E-state index contributed by atoms with van der Waals surface area (Å²) in [4.78, 5) is 26.4. The molecule has 0 aliphatic heterocycles. The van der Waals surface area contributed by atoms with Crippen LogP contribution in [0.4, 0.5) is 11.4 Å². The zero-order valence-corrected chi connectivity index (χ0v) is 19.2. The van der Waals surface area contributed by atoms with E-state index in [2.05, 4.69) is 26.6 Å². The summed E-state index contributed by atoms with van der Waals surface area (Å²) in [5.41, 5.74) is 2.21. The standard InChI is InChI=1S/C25H19BrN2O3S/c26-20-12-4-5-13-21(20)28-25(30)23(17-8-2-1-3-9-17)32-19-11-6-10-18(16-19)27-24(29)22-14-7-15-31-22/h1-16,23H,(H,27,29)(H,28,30). The van der Waals surface area contributed by atoms with E-state index in [0.29, 0.717) is 11.4 Å². The van der Waals surface area contributed by atoms with Crippen molar-refractivity contribution in [3.63, 3.8) is 0 Å². The van der Waals surface area contributed by atoms with Gasteiger partial charge in [-0.3, -0.25) is 9.59 Å². The van der Waals surface area contributed by atoms with Crippen LogP contribution in [0, 0.1) is 0 Å². The van der Waals surface area contributed by atoms with E-state index in [0.717, 1.165) is 14.9 Å². The van der Waals surface area contributed by atoms with E-state index in [4.69, 9.17) is 4.42 Å². The second-order valence-electron chi connectivity index (χ2n) is 6.84. The molecule has 1 unspecified atom stereocenters. The maximum absolute atomic E-state index is 13.3. The zero-order valence-electron chi connectivity index (χ0n) is 16.8. The van der Waals surface area contributed by atoms with Crippen molar-refractivity contribution in [2.45, 2.75) is 10.1 Å². The summed E-state index contributed by atoms with van der Waals surface area (Å²) >= 11 is 4.89. The Hall–Kier alpha value is -3.29. The van der Waals surface area contributed by atoms with Gasteiger partial charge in [0.05, 0.1) is 12.0 Å². The highest BCUT2D eigenvalue weighted by Gasteiger charge is 2.23. The van der Waals surface area contributed by atoms with Gasteiger partial charge in [0, 0.05) is 15.1 Å². The van der Waals surface area contributed by atoms with E-state index in [1.807, 2.05) is 72.8 Å². The molecule has 7 heteroatoms. The van der Waals surface area contributed by atoms with Crippen LogP contribution in [0.1, 0.15) is 21.4 Å². The fourth-order valence-corrected chi connectivity index (χ4v) is 4.51. The Morgan fingerprint density at radius 2 is 1.62 bits per heavy atom. The molecule has 4 aromatic rings. The SMILES string of the molecule is O=C(Nc1cccc(SC(C(=O)Nc2ccccc2Br)c2ccccc2)c1)c1ccco1. The van der Waals surface area contributed by atoms with Crippen LogP contribution < -0.4 is 10.6 Å². The lowest BCUT2D eigenvalue weighted by atomic mass is 10.1. The summed E-state index contributed by atoms with van der Waals surface area (Å²) in [7, 11) is 0. The molecule has 0 spiro atoms. The van der Waals surface area contributed by atoms with E-state index in [1.54, 1.807) is 18.2 Å². The first-order valence-corrected chi connectivity index (χ1v) is 11.5. The predicted molar refractivity (Wildman–Crippen MR) is 131 cm³/mol. The van der Waals surface area contributed by atoms with Crippen LogP contribution in [0.2, 0.25) is 0 Å². The van der Waals surface area contributed by atoms with E-state index in [1.165, 1.54) is 18.0 Å². The van der Waals surface area contributed by atoms with Crippen LogP contribution in [0.25, 0.3) is 0 Å². The van der Waals surface area contributed by atoms with Gasteiger partial charge in [-0.05, 0) is 64.0 Å². The van der Waals surface area contributed by atoms with Crippen LogP contribution in [-0.4, -0.2) is 11.8 Å². The van der Waals surface area contributed by atoms with Crippen molar-refractivity contribution < 1.29 is 14.0 Å². The van der Waals surface area contributed by atoms with Crippen molar-refractivity contribution in [3.8, 4) is 0 Å². The van der Waals surface area contributed by atoms with Gasteiger partial charge >= 0.3 is 0 Å². The van der Waals surface area contributed by atoms with Crippen molar-refractivity contribution >= 4 is 50.9 Å². The Morgan fingerprint density at radius 3 is 2.38 bits per heavy atom. The number of furan rings is 1. The predicted octanol–water partition coefficient (Wildman–Crippen LogP) is 6.77. The third-order valence-electron chi connectivity index (χ3n) is 4.56. The molecule has 0 saturated heterocycles. The topological polar surface area (TPSA) is 71.3 Å². The van der Waals surface area contributed by atoms with Gasteiger partial charge < -0.3 is 15.1 Å². The van der Waals surface area contributed by atoms with Crippen LogP contribution in [0.15, 0.2) is 111 Å². The summed E-state index contributed by atoms with van der Waals surface area (Å²) in [6.07, 6.45) is 1.45. The molecule has 2 N–H and O–H groups in total. The molecule has 1 atom stereocenters. The first kappa shape index (κ1) is 21.9. The van der Waals surface area contributed by atoms with Crippen LogP contribution in [0.5, 0.6) is 0 Å². The Balaban J connectivity index is 1.55. The third-order valence-corrected chi connectivity index (χ3v) is 6.50. The van der Waals surface area contributed by atoms with Gasteiger partial charge in [0.15, 0.2) is 5.76 Å². The molecule has 0 aliphatic carbocycles. The number of amides is 2. The summed E-state index contributed by atoms with van der Waals surface area (Å²) in [6, 6.07) is 27.7. The highest BCUT2D eigenvalue weighted by molar-refractivity contribution is 9.10. The molecule has 0 saturated carbocycles. The van der Waals surface area contributed by atoms with Gasteiger partial charge in [-0.2, -0.15) is 0 Å². The summed E-state index contributed by atoms with van der Waals surface area (Å²) in [5.74, 6) is -0.236. The number of hydrogen-bond acceptors (Lipinski definition) is 4. The van der Waals surface area contributed by atoms with Gasteiger partial charge in [-0.15, -0.1) is 11.8 Å². The molecular weight excluding hydrogens is 488 g/mol. The van der Waals surface area contributed by atoms with Gasteiger partial charge in [-0.25, -0.2) is 0 Å². The molecule has 0 aliphatic rings. The smallest absolute Gasteiger partial charge is 0.291 e. The number of rotatable bonds is 7. The highest BCUT2D eigenvalue weighted by atomic mass is 79.9. The second kappa shape index (κ2) is 10.3. The number of halogens is 1. The summed E-state index contributed by atoms with van der Waals surface area (Å²) in [6.45, 7) is 0. The Labute approximate surface area is 198 Å². The molecular formula is C25H19BrN2O3S. The quantitative estimate of drug-likeness (QED) is 0.271. The maximum Gasteiger partial charge on any atom is 0.291 e. The molecule has 5 nitrogen and oxygen atoms in total. The molecule has 0 bridgehead atoms. The minimum atomic E-state index is -0.487. The minimum absolute atomic E-state index is 0.141. The van der Waals surface area contributed by atoms with E-state index in [9.17, 15) is 9.59 Å². The Bertz CT molecular complexity index is 1210. The number of nitrogens with one attached hydrogen (secondary N) is 2. The van der Waals surface area contributed by atoms with Gasteiger partial charge in [0.1, 0.15) is 5.25 Å². The first-order valence-electron chi connectivity index (χ1n) is 9.82. The van der Waals surface area contributed by atoms with Gasteiger partial charge in [-0.1, -0.05) is 48.5 Å². The van der Waals surface area contributed by atoms with Crippen molar-refractivity contribution in [3.05, 3.63) is 113 Å². The van der Waals surface area contributed by atoms with E-state index < -0.39 is 5.25 Å². The van der Waals surface area contributed by atoms with E-state index >= 15 is 0 Å². The maximum atomic E-state index is 13.3. The van der Waals surface area contributed by atoms with Crippen molar-refractivity contribution in [2.75, 3.05) is 10.6 Å². The van der Waals surface area contributed by atoms with Crippen LogP contribution in [0.3, 0.4) is 0 Å². The normalized spacial score (nSPS) is 11.5. The van der Waals surface area contributed by atoms with Crippen molar-refractivity contribution in [1.82, 2.24) is 0 Å². The van der Waals surface area contributed by atoms with Crippen LogP contribution >= 0.6 is 27.7 Å². The number of carbonyl (C=O) groups is 2. The molecule has 4 rings (SSSR count). The number of para-hydroxylation sites is 1. The minimum Gasteiger partial charge on any atom is -0.459 e. The number of thioether (sulfide) groups is 1. The summed E-state index contributed by atoms with van der Waals surface area (Å²) in [5, 5.41) is 5.34. The average molecular weight is 507 g/mol. The van der Waals surface area contributed by atoms with E-state index in [-0.39, 0.29) is 17.6 Å². The monoisotopic (exact) mass is 506 g/mol. The Morgan fingerprint density at radius 1 is 0.844 bits per heavy atom. The summed E-state index contributed by atoms with van der Waals surface area (Å²) < 4.78 is 5.96.